The van der Waals surface area contributed by atoms with Crippen molar-refractivity contribution in [3.8, 4) is 5.69 Å². The van der Waals surface area contributed by atoms with Crippen LogP contribution in [0.4, 0.5) is 13.2 Å². The lowest BCUT2D eigenvalue weighted by molar-refractivity contribution is -0.137. The molecule has 2 aromatic carbocycles. The number of nitrogens with zero attached hydrogens (tertiary/aromatic N) is 2. The molecule has 2 heterocycles. The number of aryl methyl sites for hydroxylation is 1. The number of carbonyl (C=O) groups is 1. The summed E-state index contributed by atoms with van der Waals surface area (Å²) in [7, 11) is 0. The standard InChI is InChI=1S/C27H22F3N3O2/c1-16(23-7-2-3-14-31-23)32-25(34)17-8-13-24-22(15-17)20-5-4-6-21(20)26(35)33(24)19-11-9-18(10-12-19)27(28,29)30/h2-3,7-16H,4-6H2,1H3,(H,32,34)/t16-/m0/s1. The van der Waals surface area contributed by atoms with Gasteiger partial charge in [0.15, 0.2) is 0 Å². The van der Waals surface area contributed by atoms with Crippen LogP contribution in [-0.4, -0.2) is 15.5 Å². The Morgan fingerprint density at radius 3 is 2.46 bits per heavy atom. The van der Waals surface area contributed by atoms with Gasteiger partial charge in [-0.3, -0.25) is 19.1 Å². The quantitative estimate of drug-likeness (QED) is 0.429. The number of carbonyl (C=O) groups excluding carboxylic acids is 1. The molecule has 0 fully saturated rings. The van der Waals surface area contributed by atoms with E-state index in [9.17, 15) is 22.8 Å². The molecule has 0 radical (unpaired) electrons. The van der Waals surface area contributed by atoms with E-state index in [2.05, 4.69) is 10.3 Å². The minimum absolute atomic E-state index is 0.231. The average molecular weight is 477 g/mol. The van der Waals surface area contributed by atoms with E-state index in [4.69, 9.17) is 0 Å². The zero-order valence-corrected chi connectivity index (χ0v) is 18.9. The fourth-order valence-electron chi connectivity index (χ4n) is 4.68. The van der Waals surface area contributed by atoms with Crippen LogP contribution in [0.3, 0.4) is 0 Å². The predicted molar refractivity (Wildman–Crippen MR) is 127 cm³/mol. The maximum Gasteiger partial charge on any atom is 0.416 e. The van der Waals surface area contributed by atoms with Crippen molar-refractivity contribution in [2.45, 2.75) is 38.4 Å². The Morgan fingerprint density at radius 2 is 1.77 bits per heavy atom. The molecule has 1 amide bonds. The average Bonchev–Trinajstić information content (AvgIpc) is 3.35. The lowest BCUT2D eigenvalue weighted by atomic mass is 10.0. The van der Waals surface area contributed by atoms with E-state index in [0.29, 0.717) is 35.2 Å². The second-order valence-corrected chi connectivity index (χ2v) is 8.68. The smallest absolute Gasteiger partial charge is 0.344 e. The Hall–Kier alpha value is -3.94. The van der Waals surface area contributed by atoms with Crippen LogP contribution < -0.4 is 10.9 Å². The van der Waals surface area contributed by atoms with Crippen LogP contribution in [0.25, 0.3) is 16.6 Å². The largest absolute Gasteiger partial charge is 0.416 e. The summed E-state index contributed by atoms with van der Waals surface area (Å²) in [5.41, 5.74) is 2.63. The first-order valence-corrected chi connectivity index (χ1v) is 11.3. The highest BCUT2D eigenvalue weighted by Crippen LogP contribution is 2.32. The lowest BCUT2D eigenvalue weighted by Gasteiger charge is -2.17. The third-order valence-corrected chi connectivity index (χ3v) is 6.44. The van der Waals surface area contributed by atoms with Crippen LogP contribution in [0.1, 0.15) is 52.1 Å². The zero-order chi connectivity index (χ0) is 24.7. The number of aromatic nitrogens is 2. The van der Waals surface area contributed by atoms with Crippen molar-refractivity contribution in [1.82, 2.24) is 14.9 Å². The van der Waals surface area contributed by atoms with E-state index >= 15 is 0 Å². The molecule has 0 bridgehead atoms. The minimum atomic E-state index is -4.46. The molecule has 35 heavy (non-hydrogen) atoms. The summed E-state index contributed by atoms with van der Waals surface area (Å²) < 4.78 is 40.6. The van der Waals surface area contributed by atoms with Gasteiger partial charge in [-0.15, -0.1) is 0 Å². The summed E-state index contributed by atoms with van der Waals surface area (Å²) in [6.07, 6.45) is -0.679. The van der Waals surface area contributed by atoms with Gasteiger partial charge in [0.05, 0.1) is 22.8 Å². The summed E-state index contributed by atoms with van der Waals surface area (Å²) in [6, 6.07) is 14.8. The molecule has 0 aliphatic heterocycles. The van der Waals surface area contributed by atoms with Gasteiger partial charge in [0, 0.05) is 28.4 Å². The second-order valence-electron chi connectivity index (χ2n) is 8.68. The molecule has 1 atom stereocenters. The van der Waals surface area contributed by atoms with Gasteiger partial charge in [0.25, 0.3) is 11.5 Å². The monoisotopic (exact) mass is 477 g/mol. The fraction of sp³-hybridized carbons (Fsp3) is 0.222. The number of hydrogen-bond acceptors (Lipinski definition) is 3. The molecule has 1 aliphatic carbocycles. The topological polar surface area (TPSA) is 64.0 Å². The molecule has 1 aliphatic rings. The van der Waals surface area contributed by atoms with Gasteiger partial charge in [-0.05, 0) is 86.3 Å². The maximum absolute atomic E-state index is 13.3. The van der Waals surface area contributed by atoms with Gasteiger partial charge in [0.1, 0.15) is 0 Å². The van der Waals surface area contributed by atoms with Crippen LogP contribution in [0, 0.1) is 0 Å². The van der Waals surface area contributed by atoms with Gasteiger partial charge in [0.2, 0.25) is 0 Å². The molecule has 8 heteroatoms. The molecule has 0 spiro atoms. The van der Waals surface area contributed by atoms with E-state index in [1.54, 1.807) is 30.5 Å². The summed E-state index contributed by atoms with van der Waals surface area (Å²) in [5.74, 6) is -0.274. The molecule has 2 aromatic heterocycles. The van der Waals surface area contributed by atoms with Crippen molar-refractivity contribution in [3.05, 3.63) is 105 Å². The number of hydrogen-bond donors (Lipinski definition) is 1. The van der Waals surface area contributed by atoms with Gasteiger partial charge in [-0.1, -0.05) is 6.07 Å². The molecule has 0 saturated carbocycles. The first kappa shape index (κ1) is 22.8. The maximum atomic E-state index is 13.3. The highest BCUT2D eigenvalue weighted by molar-refractivity contribution is 5.99. The highest BCUT2D eigenvalue weighted by Gasteiger charge is 2.30. The Morgan fingerprint density at radius 1 is 1.03 bits per heavy atom. The van der Waals surface area contributed by atoms with E-state index in [-0.39, 0.29) is 17.5 Å². The number of alkyl halides is 3. The van der Waals surface area contributed by atoms with Crippen molar-refractivity contribution < 1.29 is 18.0 Å². The van der Waals surface area contributed by atoms with Crippen LogP contribution >= 0.6 is 0 Å². The van der Waals surface area contributed by atoms with E-state index in [1.807, 2.05) is 19.1 Å². The number of fused-ring (bicyclic) bond motifs is 3. The number of halogens is 3. The predicted octanol–water partition coefficient (Wildman–Crippen LogP) is 5.38. The molecule has 0 unspecified atom stereocenters. The van der Waals surface area contributed by atoms with Crippen LogP contribution in [0.2, 0.25) is 0 Å². The summed E-state index contributed by atoms with van der Waals surface area (Å²) in [4.78, 5) is 30.6. The van der Waals surface area contributed by atoms with Crippen LogP contribution in [-0.2, 0) is 19.0 Å². The SMILES string of the molecule is C[C@H](NC(=O)c1ccc2c(c1)c1c(c(=O)n2-c2ccc(C(F)(F)F)cc2)CCC1)c1ccccn1. The lowest BCUT2D eigenvalue weighted by Crippen LogP contribution is -2.27. The zero-order valence-electron chi connectivity index (χ0n) is 18.9. The van der Waals surface area contributed by atoms with Crippen molar-refractivity contribution in [1.29, 1.82) is 0 Å². The summed E-state index contributed by atoms with van der Waals surface area (Å²) in [5, 5.41) is 3.71. The molecule has 0 saturated heterocycles. The Bertz CT molecular complexity index is 1480. The molecular formula is C27H22F3N3O2. The Labute approximate surface area is 199 Å². The number of benzene rings is 2. The van der Waals surface area contributed by atoms with Crippen LogP contribution in [0.15, 0.2) is 71.7 Å². The van der Waals surface area contributed by atoms with Gasteiger partial charge in [-0.25, -0.2) is 0 Å². The Balaban J connectivity index is 1.58. The summed E-state index contributed by atoms with van der Waals surface area (Å²) >= 11 is 0. The summed E-state index contributed by atoms with van der Waals surface area (Å²) in [6.45, 7) is 1.85. The van der Waals surface area contributed by atoms with E-state index in [1.165, 1.54) is 16.7 Å². The molecule has 4 aromatic rings. The number of nitrogens with one attached hydrogen (secondary N) is 1. The molecule has 5 nitrogen and oxygen atoms in total. The highest BCUT2D eigenvalue weighted by atomic mass is 19.4. The normalized spacial score (nSPS) is 14.1. The van der Waals surface area contributed by atoms with Gasteiger partial charge >= 0.3 is 6.18 Å². The third-order valence-electron chi connectivity index (χ3n) is 6.44. The van der Waals surface area contributed by atoms with Crippen molar-refractivity contribution in [2.24, 2.45) is 0 Å². The Kier molecular flexibility index (Phi) is 5.67. The first-order chi connectivity index (χ1) is 16.7. The molecule has 5 rings (SSSR count). The minimum Gasteiger partial charge on any atom is -0.344 e. The number of rotatable bonds is 4. The number of pyridine rings is 2. The van der Waals surface area contributed by atoms with Crippen molar-refractivity contribution in [3.63, 3.8) is 0 Å². The fourth-order valence-corrected chi connectivity index (χ4v) is 4.68. The molecular weight excluding hydrogens is 455 g/mol. The second kappa shape index (κ2) is 8.69. The van der Waals surface area contributed by atoms with Gasteiger partial charge < -0.3 is 5.32 Å². The van der Waals surface area contributed by atoms with E-state index in [0.717, 1.165) is 35.2 Å². The van der Waals surface area contributed by atoms with Gasteiger partial charge in [-0.2, -0.15) is 13.2 Å². The van der Waals surface area contributed by atoms with E-state index < -0.39 is 11.7 Å². The first-order valence-electron chi connectivity index (χ1n) is 11.3. The van der Waals surface area contributed by atoms with Crippen molar-refractivity contribution in [2.75, 3.05) is 0 Å². The van der Waals surface area contributed by atoms with Crippen LogP contribution in [0.5, 0.6) is 0 Å². The molecule has 178 valence electrons. The molecule has 1 N–H and O–H groups in total. The third kappa shape index (κ3) is 4.20. The van der Waals surface area contributed by atoms with Crippen molar-refractivity contribution >= 4 is 16.8 Å². The number of amides is 1.